The van der Waals surface area contributed by atoms with Crippen molar-refractivity contribution in [2.75, 3.05) is 0 Å². The van der Waals surface area contributed by atoms with Crippen LogP contribution in [-0.4, -0.2) is 0 Å². The van der Waals surface area contributed by atoms with Gasteiger partial charge in [0, 0.05) is 3.57 Å². The highest BCUT2D eigenvalue weighted by molar-refractivity contribution is 14.1. The summed E-state index contributed by atoms with van der Waals surface area (Å²) in [5, 5.41) is -0.0669. The summed E-state index contributed by atoms with van der Waals surface area (Å²) < 4.78 is 1.26. The van der Waals surface area contributed by atoms with E-state index in [-0.39, 0.29) is 5.38 Å². The molecule has 2 rings (SSSR count). The predicted molar refractivity (Wildman–Crippen MR) is 87.4 cm³/mol. The smallest absolute Gasteiger partial charge is 0.0845 e. The lowest BCUT2D eigenvalue weighted by Gasteiger charge is -2.14. The van der Waals surface area contributed by atoms with E-state index in [1.807, 2.05) is 0 Å². The number of aryl methyl sites for hydroxylation is 2. The molecule has 0 aromatic heterocycles. The lowest BCUT2D eigenvalue weighted by Crippen LogP contribution is -1.98. The molecule has 18 heavy (non-hydrogen) atoms. The molecule has 1 atom stereocenters. The fourth-order valence-electron chi connectivity index (χ4n) is 1.97. The average molecular weight is 371 g/mol. The first-order valence-corrected chi connectivity index (χ1v) is 7.63. The Labute approximate surface area is 128 Å². The molecule has 0 saturated heterocycles. The first kappa shape index (κ1) is 13.9. The van der Waals surface area contributed by atoms with Crippen molar-refractivity contribution < 1.29 is 0 Å². The van der Waals surface area contributed by atoms with Crippen molar-refractivity contribution in [3.8, 4) is 0 Å². The molecular weight excluding hydrogens is 355 g/mol. The number of hydrogen-bond acceptors (Lipinski definition) is 0. The molecule has 0 fully saturated rings. The van der Waals surface area contributed by atoms with Gasteiger partial charge in [-0.2, -0.15) is 0 Å². The summed E-state index contributed by atoms with van der Waals surface area (Å²) in [5.74, 6) is 0. The van der Waals surface area contributed by atoms with Gasteiger partial charge in [0.1, 0.15) is 0 Å². The van der Waals surface area contributed by atoms with E-state index in [4.69, 9.17) is 11.6 Å². The van der Waals surface area contributed by atoms with Gasteiger partial charge < -0.3 is 0 Å². The highest BCUT2D eigenvalue weighted by Crippen LogP contribution is 2.33. The molecule has 0 aliphatic heterocycles. The second-order valence-electron chi connectivity index (χ2n) is 4.44. The molecule has 0 aliphatic rings. The van der Waals surface area contributed by atoms with E-state index < -0.39 is 0 Å². The largest absolute Gasteiger partial charge is 0.113 e. The Morgan fingerprint density at radius 2 is 1.78 bits per heavy atom. The topological polar surface area (TPSA) is 0 Å². The quantitative estimate of drug-likeness (QED) is 0.495. The summed E-state index contributed by atoms with van der Waals surface area (Å²) in [6, 6.07) is 14.9. The SMILES string of the molecule is CCc1ccc(C(Cl)c2cccc(C)c2I)cc1. The van der Waals surface area contributed by atoms with E-state index in [9.17, 15) is 0 Å². The number of rotatable bonds is 3. The molecule has 2 aromatic rings. The van der Waals surface area contributed by atoms with Crippen molar-refractivity contribution in [2.24, 2.45) is 0 Å². The number of halogens is 2. The number of benzene rings is 2. The fraction of sp³-hybridized carbons (Fsp3) is 0.250. The summed E-state index contributed by atoms with van der Waals surface area (Å²) in [6.45, 7) is 4.28. The van der Waals surface area contributed by atoms with Gasteiger partial charge in [0.15, 0.2) is 0 Å². The summed E-state index contributed by atoms with van der Waals surface area (Å²) in [7, 11) is 0. The van der Waals surface area contributed by atoms with Crippen LogP contribution in [0.3, 0.4) is 0 Å². The van der Waals surface area contributed by atoms with Gasteiger partial charge in [-0.25, -0.2) is 0 Å². The van der Waals surface area contributed by atoms with Crippen LogP contribution in [0.5, 0.6) is 0 Å². The van der Waals surface area contributed by atoms with Crippen LogP contribution in [0.2, 0.25) is 0 Å². The van der Waals surface area contributed by atoms with Crippen LogP contribution in [0.4, 0.5) is 0 Å². The zero-order valence-electron chi connectivity index (χ0n) is 10.6. The molecule has 0 bridgehead atoms. The summed E-state index contributed by atoms with van der Waals surface area (Å²) in [4.78, 5) is 0. The Bertz CT molecular complexity index is 531. The Balaban J connectivity index is 2.35. The van der Waals surface area contributed by atoms with Crippen molar-refractivity contribution in [3.05, 3.63) is 68.3 Å². The van der Waals surface area contributed by atoms with Gasteiger partial charge in [-0.1, -0.05) is 49.4 Å². The molecule has 1 unspecified atom stereocenters. The summed E-state index contributed by atoms with van der Waals surface area (Å²) in [5.41, 5.74) is 4.99. The van der Waals surface area contributed by atoms with Crippen LogP contribution in [0.1, 0.15) is 34.6 Å². The van der Waals surface area contributed by atoms with Crippen molar-refractivity contribution in [2.45, 2.75) is 25.6 Å². The van der Waals surface area contributed by atoms with Crippen molar-refractivity contribution in [1.82, 2.24) is 0 Å². The molecule has 0 aliphatic carbocycles. The Morgan fingerprint density at radius 1 is 1.11 bits per heavy atom. The van der Waals surface area contributed by atoms with E-state index in [0.717, 1.165) is 12.0 Å². The van der Waals surface area contributed by atoms with E-state index >= 15 is 0 Å². The van der Waals surface area contributed by atoms with Gasteiger partial charge in [-0.15, -0.1) is 11.6 Å². The molecular formula is C16H16ClI. The zero-order valence-corrected chi connectivity index (χ0v) is 13.5. The van der Waals surface area contributed by atoms with Crippen LogP contribution in [0.25, 0.3) is 0 Å². The minimum absolute atomic E-state index is 0.0669. The van der Waals surface area contributed by atoms with Crippen molar-refractivity contribution in [1.29, 1.82) is 0 Å². The molecule has 2 aromatic carbocycles. The van der Waals surface area contributed by atoms with E-state index in [1.165, 1.54) is 20.3 Å². The fourth-order valence-corrected chi connectivity index (χ4v) is 3.15. The first-order valence-electron chi connectivity index (χ1n) is 6.11. The molecule has 0 radical (unpaired) electrons. The standard InChI is InChI=1S/C16H16ClI/c1-3-12-7-9-13(10-8-12)15(17)14-6-4-5-11(2)16(14)18/h4-10,15H,3H2,1-2H3. The first-order chi connectivity index (χ1) is 8.63. The van der Waals surface area contributed by atoms with Crippen LogP contribution in [0.15, 0.2) is 42.5 Å². The highest BCUT2D eigenvalue weighted by atomic mass is 127. The normalized spacial score (nSPS) is 12.4. The van der Waals surface area contributed by atoms with Gasteiger partial charge in [-0.05, 0) is 58.2 Å². The van der Waals surface area contributed by atoms with Crippen LogP contribution in [-0.2, 0) is 6.42 Å². The van der Waals surface area contributed by atoms with Crippen LogP contribution in [0, 0.1) is 10.5 Å². The summed E-state index contributed by atoms with van der Waals surface area (Å²) >= 11 is 8.98. The molecule has 0 heterocycles. The minimum Gasteiger partial charge on any atom is -0.113 e. The Morgan fingerprint density at radius 3 is 2.39 bits per heavy atom. The van der Waals surface area contributed by atoms with Crippen LogP contribution < -0.4 is 0 Å². The maximum Gasteiger partial charge on any atom is 0.0845 e. The minimum atomic E-state index is -0.0669. The second kappa shape index (κ2) is 6.07. The Kier molecular flexibility index (Phi) is 4.68. The molecule has 0 spiro atoms. The lowest BCUT2D eigenvalue weighted by atomic mass is 10.0. The van der Waals surface area contributed by atoms with Gasteiger partial charge in [0.2, 0.25) is 0 Å². The number of alkyl halides is 1. The Hall–Kier alpha value is -0.540. The molecule has 2 heteroatoms. The van der Waals surface area contributed by atoms with Crippen LogP contribution >= 0.6 is 34.2 Å². The third-order valence-corrected chi connectivity index (χ3v) is 5.14. The maximum atomic E-state index is 6.60. The van der Waals surface area contributed by atoms with Crippen molar-refractivity contribution >= 4 is 34.2 Å². The molecule has 94 valence electrons. The average Bonchev–Trinajstić information content (AvgIpc) is 2.41. The van der Waals surface area contributed by atoms with Crippen molar-refractivity contribution in [3.63, 3.8) is 0 Å². The molecule has 0 amide bonds. The maximum absolute atomic E-state index is 6.60. The monoisotopic (exact) mass is 370 g/mol. The molecule has 0 nitrogen and oxygen atoms in total. The lowest BCUT2D eigenvalue weighted by molar-refractivity contribution is 1.09. The van der Waals surface area contributed by atoms with Gasteiger partial charge >= 0.3 is 0 Å². The molecule has 0 N–H and O–H groups in total. The van der Waals surface area contributed by atoms with Gasteiger partial charge in [-0.3, -0.25) is 0 Å². The van der Waals surface area contributed by atoms with E-state index in [1.54, 1.807) is 0 Å². The number of hydrogen-bond donors (Lipinski definition) is 0. The molecule has 0 saturated carbocycles. The van der Waals surface area contributed by atoms with Gasteiger partial charge in [0.05, 0.1) is 5.38 Å². The summed E-state index contributed by atoms with van der Waals surface area (Å²) in [6.07, 6.45) is 1.06. The third kappa shape index (κ3) is 2.89. The zero-order chi connectivity index (χ0) is 13.1. The van der Waals surface area contributed by atoms with E-state index in [0.29, 0.717) is 0 Å². The predicted octanol–water partition coefficient (Wildman–Crippen LogP) is 5.49. The highest BCUT2D eigenvalue weighted by Gasteiger charge is 2.14. The second-order valence-corrected chi connectivity index (χ2v) is 5.95. The van der Waals surface area contributed by atoms with Gasteiger partial charge in [0.25, 0.3) is 0 Å². The third-order valence-electron chi connectivity index (χ3n) is 3.18. The van der Waals surface area contributed by atoms with E-state index in [2.05, 4.69) is 78.9 Å².